The lowest BCUT2D eigenvalue weighted by Gasteiger charge is -2.34. The Morgan fingerprint density at radius 1 is 0.952 bits per heavy atom. The maximum atomic E-state index is 13.9. The van der Waals surface area contributed by atoms with Gasteiger partial charge in [0.05, 0.1) is 22.5 Å². The van der Waals surface area contributed by atoms with E-state index in [2.05, 4.69) is 5.32 Å². The van der Waals surface area contributed by atoms with E-state index in [4.69, 9.17) is 11.6 Å². The van der Waals surface area contributed by atoms with Gasteiger partial charge in [0.15, 0.2) is 0 Å². The van der Waals surface area contributed by atoms with Crippen molar-refractivity contribution in [3.8, 4) is 0 Å². The van der Waals surface area contributed by atoms with Crippen molar-refractivity contribution >= 4 is 39.1 Å². The Bertz CT molecular complexity index is 1500. The maximum Gasteiger partial charge on any atom is 0.417 e. The second-order valence-electron chi connectivity index (χ2n) is 9.95. The molecule has 1 unspecified atom stereocenters. The molecule has 0 aromatic heterocycles. The van der Waals surface area contributed by atoms with Gasteiger partial charge in [-0.1, -0.05) is 54.1 Å². The van der Waals surface area contributed by atoms with E-state index in [1.165, 1.54) is 24.3 Å². The second-order valence-corrected chi connectivity index (χ2v) is 12.3. The number of hydrogen-bond acceptors (Lipinski definition) is 4. The molecule has 0 aliphatic carbocycles. The minimum Gasteiger partial charge on any atom is -0.352 e. The summed E-state index contributed by atoms with van der Waals surface area (Å²) in [5, 5.41) is 2.13. The summed E-state index contributed by atoms with van der Waals surface area (Å²) >= 11 is 5.72. The zero-order valence-electron chi connectivity index (χ0n) is 23.0. The van der Waals surface area contributed by atoms with Crippen molar-refractivity contribution in [3.05, 3.63) is 100 Å². The van der Waals surface area contributed by atoms with Gasteiger partial charge in [-0.3, -0.25) is 13.9 Å². The standard InChI is InChI=1S/C29H30ClF4N3O4S/c1-19(2)35-28(39)26(15-20-7-5-4-6-8-20)36(17-21-9-11-22(31)12-10-21)27(38)18-37(42(3,40)41)23-13-14-25(30)24(16-23)29(32,33)34/h4-14,16,19,26H,15,17-18H2,1-3H3,(H,35,39). The molecule has 0 fully saturated rings. The number of hydrogen-bond donors (Lipinski definition) is 1. The molecule has 0 aliphatic heterocycles. The minimum absolute atomic E-state index is 0.0460. The van der Waals surface area contributed by atoms with Crippen LogP contribution in [0.3, 0.4) is 0 Å². The lowest BCUT2D eigenvalue weighted by Crippen LogP contribution is -2.54. The molecule has 0 aliphatic rings. The maximum absolute atomic E-state index is 13.9. The number of carbonyl (C=O) groups excluding carboxylic acids is 2. The summed E-state index contributed by atoms with van der Waals surface area (Å²) in [5.74, 6) is -1.92. The van der Waals surface area contributed by atoms with Gasteiger partial charge < -0.3 is 10.2 Å². The number of carbonyl (C=O) groups is 2. The number of alkyl halides is 3. The van der Waals surface area contributed by atoms with Crippen molar-refractivity contribution in [3.63, 3.8) is 0 Å². The van der Waals surface area contributed by atoms with Gasteiger partial charge in [-0.15, -0.1) is 0 Å². The molecule has 7 nitrogen and oxygen atoms in total. The predicted octanol–water partition coefficient (Wildman–Crippen LogP) is 5.43. The topological polar surface area (TPSA) is 86.8 Å². The van der Waals surface area contributed by atoms with Crippen molar-refractivity contribution in [2.24, 2.45) is 0 Å². The monoisotopic (exact) mass is 627 g/mol. The first-order chi connectivity index (χ1) is 19.6. The third-order valence-corrected chi connectivity index (χ3v) is 7.66. The van der Waals surface area contributed by atoms with Gasteiger partial charge in [0.2, 0.25) is 21.8 Å². The van der Waals surface area contributed by atoms with Gasteiger partial charge in [-0.05, 0) is 55.3 Å². The number of benzene rings is 3. The summed E-state index contributed by atoms with van der Waals surface area (Å²) < 4.78 is 80.4. The van der Waals surface area contributed by atoms with Crippen molar-refractivity contribution < 1.29 is 35.6 Å². The third kappa shape index (κ3) is 8.93. The van der Waals surface area contributed by atoms with Crippen molar-refractivity contribution in [2.75, 3.05) is 17.1 Å². The average molecular weight is 628 g/mol. The van der Waals surface area contributed by atoms with E-state index >= 15 is 0 Å². The molecule has 42 heavy (non-hydrogen) atoms. The first-order valence-corrected chi connectivity index (χ1v) is 15.0. The van der Waals surface area contributed by atoms with E-state index < -0.39 is 62.7 Å². The van der Waals surface area contributed by atoms with Crippen LogP contribution in [0.1, 0.15) is 30.5 Å². The van der Waals surface area contributed by atoms with E-state index in [1.807, 2.05) is 0 Å². The molecule has 3 aromatic carbocycles. The zero-order chi connectivity index (χ0) is 31.2. The fourth-order valence-corrected chi connectivity index (χ4v) is 5.29. The number of sulfonamides is 1. The highest BCUT2D eigenvalue weighted by atomic mass is 35.5. The number of nitrogens with zero attached hydrogens (tertiary/aromatic N) is 2. The number of halogens is 5. The van der Waals surface area contributed by atoms with Crippen LogP contribution < -0.4 is 9.62 Å². The van der Waals surface area contributed by atoms with Crippen LogP contribution in [0, 0.1) is 5.82 Å². The molecule has 226 valence electrons. The molecule has 13 heteroatoms. The number of amides is 2. The average Bonchev–Trinajstić information content (AvgIpc) is 2.89. The number of rotatable bonds is 11. The molecule has 1 N–H and O–H groups in total. The second kappa shape index (κ2) is 13.6. The van der Waals surface area contributed by atoms with Gasteiger partial charge in [0.25, 0.3) is 0 Å². The molecular formula is C29H30ClF4N3O4S. The van der Waals surface area contributed by atoms with Crippen LogP contribution in [0.2, 0.25) is 5.02 Å². The minimum atomic E-state index is -4.88. The van der Waals surface area contributed by atoms with Gasteiger partial charge in [0, 0.05) is 19.0 Å². The van der Waals surface area contributed by atoms with Crippen LogP contribution in [0.25, 0.3) is 0 Å². The first-order valence-electron chi connectivity index (χ1n) is 12.8. The third-order valence-electron chi connectivity index (χ3n) is 6.19. The highest BCUT2D eigenvalue weighted by molar-refractivity contribution is 7.92. The van der Waals surface area contributed by atoms with Crippen molar-refractivity contribution in [2.45, 2.75) is 45.1 Å². The summed E-state index contributed by atoms with van der Waals surface area (Å²) in [5.41, 5.74) is -0.567. The predicted molar refractivity (Wildman–Crippen MR) is 153 cm³/mol. The Balaban J connectivity index is 2.09. The van der Waals surface area contributed by atoms with E-state index in [9.17, 15) is 35.6 Å². The molecule has 0 spiro atoms. The SMILES string of the molecule is CC(C)NC(=O)C(Cc1ccccc1)N(Cc1ccc(F)cc1)C(=O)CN(c1ccc(Cl)c(C(F)(F)F)c1)S(C)(=O)=O. The van der Waals surface area contributed by atoms with Crippen LogP contribution in [-0.4, -0.2) is 50.0 Å². The molecule has 0 heterocycles. The van der Waals surface area contributed by atoms with Crippen LogP contribution >= 0.6 is 11.6 Å². The highest BCUT2D eigenvalue weighted by Gasteiger charge is 2.36. The smallest absolute Gasteiger partial charge is 0.352 e. The fourth-order valence-electron chi connectivity index (χ4n) is 4.22. The van der Waals surface area contributed by atoms with Gasteiger partial charge >= 0.3 is 6.18 Å². The molecule has 0 radical (unpaired) electrons. The number of nitrogens with one attached hydrogen (secondary N) is 1. The van der Waals surface area contributed by atoms with E-state index in [-0.39, 0.29) is 19.0 Å². The molecule has 1 atom stereocenters. The largest absolute Gasteiger partial charge is 0.417 e. The normalized spacial score (nSPS) is 12.6. The zero-order valence-corrected chi connectivity index (χ0v) is 24.6. The van der Waals surface area contributed by atoms with Crippen molar-refractivity contribution in [1.29, 1.82) is 0 Å². The molecular weight excluding hydrogens is 598 g/mol. The Labute approximate surface area is 247 Å². The number of anilines is 1. The summed E-state index contributed by atoms with van der Waals surface area (Å²) in [4.78, 5) is 28.5. The van der Waals surface area contributed by atoms with Gasteiger partial charge in [-0.25, -0.2) is 12.8 Å². The van der Waals surface area contributed by atoms with E-state index in [0.29, 0.717) is 21.5 Å². The van der Waals surface area contributed by atoms with Crippen LogP contribution in [0.5, 0.6) is 0 Å². The van der Waals surface area contributed by atoms with Crippen LogP contribution in [0.4, 0.5) is 23.2 Å². The summed E-state index contributed by atoms with van der Waals surface area (Å²) in [6.45, 7) is 2.33. The quantitative estimate of drug-likeness (QED) is 0.287. The highest BCUT2D eigenvalue weighted by Crippen LogP contribution is 2.37. The molecule has 0 saturated heterocycles. The Morgan fingerprint density at radius 2 is 1.57 bits per heavy atom. The molecule has 2 amide bonds. The fraction of sp³-hybridized carbons (Fsp3) is 0.310. The summed E-state index contributed by atoms with van der Waals surface area (Å²) in [6, 6.07) is 15.0. The lowest BCUT2D eigenvalue weighted by molar-refractivity contribution is -0.140. The first kappa shape index (κ1) is 32.9. The van der Waals surface area contributed by atoms with E-state index in [1.54, 1.807) is 44.2 Å². The summed E-state index contributed by atoms with van der Waals surface area (Å²) in [6.07, 6.45) is -4.09. The summed E-state index contributed by atoms with van der Waals surface area (Å²) in [7, 11) is -4.30. The van der Waals surface area contributed by atoms with E-state index in [0.717, 1.165) is 23.3 Å². The Morgan fingerprint density at radius 3 is 2.12 bits per heavy atom. The van der Waals surface area contributed by atoms with Crippen LogP contribution in [-0.2, 0) is 38.8 Å². The molecule has 3 rings (SSSR count). The molecule has 0 saturated carbocycles. The lowest BCUT2D eigenvalue weighted by atomic mass is 10.0. The van der Waals surface area contributed by atoms with Gasteiger partial charge in [0.1, 0.15) is 18.4 Å². The molecule has 3 aromatic rings. The Kier molecular flexibility index (Phi) is 10.6. The van der Waals surface area contributed by atoms with Crippen molar-refractivity contribution in [1.82, 2.24) is 10.2 Å². The Hall–Kier alpha value is -3.64. The van der Waals surface area contributed by atoms with Gasteiger partial charge in [-0.2, -0.15) is 13.2 Å². The molecule has 0 bridgehead atoms. The van der Waals surface area contributed by atoms with Crippen LogP contribution in [0.15, 0.2) is 72.8 Å².